The largest absolute Gasteiger partial charge is 0.480 e. The van der Waals surface area contributed by atoms with Crippen LogP contribution in [0.3, 0.4) is 0 Å². The Hall–Kier alpha value is -1.18. The molecule has 0 amide bonds. The van der Waals surface area contributed by atoms with Crippen molar-refractivity contribution < 1.29 is 24.9 Å². The molecule has 0 unspecified atom stereocenters. The number of rotatable bonds is 8. The number of carbonyl (C=O) groups is 2. The average Bonchev–Trinajstić information content (AvgIpc) is 2.13. The van der Waals surface area contributed by atoms with Crippen LogP contribution >= 0.6 is 0 Å². The lowest BCUT2D eigenvalue weighted by Gasteiger charge is -2.12. The summed E-state index contributed by atoms with van der Waals surface area (Å²) in [7, 11) is 0. The normalized spacial score (nSPS) is 14.5. The summed E-state index contributed by atoms with van der Waals surface area (Å²) in [6.45, 7) is -0.124. The molecule has 0 aromatic rings. The molecule has 0 bridgehead atoms. The fourth-order valence-electron chi connectivity index (χ4n) is 0.943. The van der Waals surface area contributed by atoms with Crippen LogP contribution < -0.4 is 11.1 Å². The number of hydrogen-bond donors (Lipinski definition) is 5. The Bertz CT molecular complexity index is 221. The predicted molar refractivity (Wildman–Crippen MR) is 51.4 cm³/mol. The molecule has 7 heteroatoms. The maximum absolute atomic E-state index is 10.3. The van der Waals surface area contributed by atoms with Gasteiger partial charge in [-0.2, -0.15) is 0 Å². The maximum atomic E-state index is 10.3. The second-order valence-corrected chi connectivity index (χ2v) is 3.20. The summed E-state index contributed by atoms with van der Waals surface area (Å²) in [6.07, 6.45) is -0.402. The number of hydrogen-bond acceptors (Lipinski definition) is 5. The number of nitrogens with two attached hydrogens (primary N) is 1. The van der Waals surface area contributed by atoms with Crippen LogP contribution in [-0.2, 0) is 9.59 Å². The molecule has 0 saturated heterocycles. The quantitative estimate of drug-likeness (QED) is 0.326. The van der Waals surface area contributed by atoms with Gasteiger partial charge in [-0.05, 0) is 12.8 Å². The van der Waals surface area contributed by atoms with Gasteiger partial charge >= 0.3 is 11.9 Å². The van der Waals surface area contributed by atoms with E-state index in [4.69, 9.17) is 15.9 Å². The molecule has 88 valence electrons. The Labute approximate surface area is 86.9 Å². The van der Waals surface area contributed by atoms with Gasteiger partial charge in [-0.3, -0.25) is 9.59 Å². The van der Waals surface area contributed by atoms with Crippen molar-refractivity contribution in [3.05, 3.63) is 0 Å². The monoisotopic (exact) mass is 220 g/mol. The van der Waals surface area contributed by atoms with Crippen molar-refractivity contribution in [3.63, 3.8) is 0 Å². The first kappa shape index (κ1) is 13.8. The van der Waals surface area contributed by atoms with E-state index in [9.17, 15) is 14.7 Å². The van der Waals surface area contributed by atoms with Gasteiger partial charge in [-0.25, -0.2) is 0 Å². The zero-order valence-electron chi connectivity index (χ0n) is 8.22. The molecule has 2 atom stereocenters. The van der Waals surface area contributed by atoms with Crippen LogP contribution in [0.4, 0.5) is 0 Å². The molecule has 0 saturated carbocycles. The topological polar surface area (TPSA) is 133 Å². The molecule has 0 rings (SSSR count). The van der Waals surface area contributed by atoms with Crippen molar-refractivity contribution >= 4 is 11.9 Å². The summed E-state index contributed by atoms with van der Waals surface area (Å²) in [5, 5.41) is 28.5. The Balaban J connectivity index is 3.52. The second kappa shape index (κ2) is 7.16. The van der Waals surface area contributed by atoms with Gasteiger partial charge in [0.25, 0.3) is 0 Å². The van der Waals surface area contributed by atoms with Crippen molar-refractivity contribution in [1.82, 2.24) is 5.32 Å². The Morgan fingerprint density at radius 3 is 2.33 bits per heavy atom. The van der Waals surface area contributed by atoms with Crippen molar-refractivity contribution in [2.24, 2.45) is 5.73 Å². The van der Waals surface area contributed by atoms with Gasteiger partial charge in [0.1, 0.15) is 6.04 Å². The highest BCUT2D eigenvalue weighted by Crippen LogP contribution is 1.99. The zero-order valence-corrected chi connectivity index (χ0v) is 8.22. The Morgan fingerprint density at radius 2 is 1.87 bits per heavy atom. The van der Waals surface area contributed by atoms with Gasteiger partial charge in [0.2, 0.25) is 0 Å². The number of carboxylic acid groups (broad SMARTS) is 2. The van der Waals surface area contributed by atoms with Crippen LogP contribution in [0.25, 0.3) is 0 Å². The summed E-state index contributed by atoms with van der Waals surface area (Å²) in [4.78, 5) is 20.4. The van der Waals surface area contributed by atoms with Crippen molar-refractivity contribution in [2.45, 2.75) is 25.0 Å². The zero-order chi connectivity index (χ0) is 11.8. The predicted octanol–water partition coefficient (Wildman–Crippen LogP) is -1.79. The Kier molecular flexibility index (Phi) is 6.59. The van der Waals surface area contributed by atoms with Gasteiger partial charge < -0.3 is 26.4 Å². The molecule has 0 aliphatic heterocycles. The minimum Gasteiger partial charge on any atom is -0.480 e. The molecule has 0 spiro atoms. The number of nitrogens with one attached hydrogen (secondary N) is 1. The number of aliphatic hydroxyl groups excluding tert-OH is 1. The molecular weight excluding hydrogens is 204 g/mol. The van der Waals surface area contributed by atoms with Crippen molar-refractivity contribution in [2.75, 3.05) is 13.1 Å². The first-order valence-electron chi connectivity index (χ1n) is 4.52. The van der Waals surface area contributed by atoms with Gasteiger partial charge in [0.05, 0.1) is 12.6 Å². The van der Waals surface area contributed by atoms with E-state index < -0.39 is 24.1 Å². The second-order valence-electron chi connectivity index (χ2n) is 3.20. The first-order chi connectivity index (χ1) is 6.93. The highest BCUT2D eigenvalue weighted by Gasteiger charge is 2.13. The third kappa shape index (κ3) is 7.86. The lowest BCUT2D eigenvalue weighted by molar-refractivity contribution is -0.139. The van der Waals surface area contributed by atoms with Crippen LogP contribution in [-0.4, -0.2) is 52.5 Å². The average molecular weight is 220 g/mol. The van der Waals surface area contributed by atoms with Crippen LogP contribution in [0.2, 0.25) is 0 Å². The molecule has 0 aliphatic rings. The van der Waals surface area contributed by atoms with Gasteiger partial charge in [-0.15, -0.1) is 0 Å². The van der Waals surface area contributed by atoms with Crippen LogP contribution in [0, 0.1) is 0 Å². The third-order valence-electron chi connectivity index (χ3n) is 1.78. The molecule has 0 heterocycles. The summed E-state index contributed by atoms with van der Waals surface area (Å²) in [6, 6.07) is -0.987. The molecule has 7 nitrogen and oxygen atoms in total. The van der Waals surface area contributed by atoms with Crippen LogP contribution in [0.15, 0.2) is 0 Å². The van der Waals surface area contributed by atoms with Crippen LogP contribution in [0.1, 0.15) is 12.8 Å². The molecule has 0 fully saturated rings. The molecule has 0 aromatic heterocycles. The standard InChI is InChI=1S/C8H16N2O5/c9-6(8(14)15)2-1-5(11)3-10-4-7(12)13/h5-6,10-11H,1-4,9H2,(H,12,13)(H,14,15)/t5-,6+/m1/s1. The fraction of sp³-hybridized carbons (Fsp3) is 0.750. The first-order valence-corrected chi connectivity index (χ1v) is 4.52. The summed E-state index contributed by atoms with van der Waals surface area (Å²) < 4.78 is 0. The smallest absolute Gasteiger partial charge is 0.320 e. The molecular formula is C8H16N2O5. The molecule has 0 aromatic carbocycles. The summed E-state index contributed by atoms with van der Waals surface area (Å²) in [5.74, 6) is -2.12. The van der Waals surface area contributed by atoms with E-state index in [0.29, 0.717) is 0 Å². The Morgan fingerprint density at radius 1 is 1.27 bits per heavy atom. The van der Waals surface area contributed by atoms with E-state index in [1.54, 1.807) is 0 Å². The summed E-state index contributed by atoms with van der Waals surface area (Å²) in [5.41, 5.74) is 5.22. The number of aliphatic carboxylic acids is 2. The van der Waals surface area contributed by atoms with Gasteiger partial charge in [-0.1, -0.05) is 0 Å². The molecule has 6 N–H and O–H groups in total. The lowest BCUT2D eigenvalue weighted by atomic mass is 10.1. The molecule has 0 radical (unpaired) electrons. The van der Waals surface area contributed by atoms with Gasteiger partial charge in [0, 0.05) is 6.54 Å². The lowest BCUT2D eigenvalue weighted by Crippen LogP contribution is -2.34. The van der Waals surface area contributed by atoms with E-state index >= 15 is 0 Å². The summed E-state index contributed by atoms with van der Waals surface area (Å²) >= 11 is 0. The fourth-order valence-corrected chi connectivity index (χ4v) is 0.943. The van der Waals surface area contributed by atoms with Crippen LogP contribution in [0.5, 0.6) is 0 Å². The highest BCUT2D eigenvalue weighted by molar-refractivity contribution is 5.72. The van der Waals surface area contributed by atoms with E-state index in [1.807, 2.05) is 0 Å². The van der Waals surface area contributed by atoms with E-state index in [2.05, 4.69) is 5.32 Å². The SMILES string of the molecule is N[C@@H](CC[C@@H](O)CNCC(=O)O)C(=O)O. The molecule has 15 heavy (non-hydrogen) atoms. The van der Waals surface area contributed by atoms with E-state index in [-0.39, 0.29) is 25.9 Å². The van der Waals surface area contributed by atoms with Crippen molar-refractivity contribution in [1.29, 1.82) is 0 Å². The molecule has 0 aliphatic carbocycles. The maximum Gasteiger partial charge on any atom is 0.320 e. The van der Waals surface area contributed by atoms with Crippen molar-refractivity contribution in [3.8, 4) is 0 Å². The van der Waals surface area contributed by atoms with E-state index in [1.165, 1.54) is 0 Å². The highest BCUT2D eigenvalue weighted by atomic mass is 16.4. The minimum absolute atomic E-state index is 0.110. The van der Waals surface area contributed by atoms with Gasteiger partial charge in [0.15, 0.2) is 0 Å². The number of carboxylic acids is 2. The number of aliphatic hydroxyl groups is 1. The third-order valence-corrected chi connectivity index (χ3v) is 1.78. The minimum atomic E-state index is -1.11. The van der Waals surface area contributed by atoms with E-state index in [0.717, 1.165) is 0 Å².